The normalized spacial score (nSPS) is 11.2. The Morgan fingerprint density at radius 2 is 1.75 bits per heavy atom. The van der Waals surface area contributed by atoms with Crippen molar-refractivity contribution < 1.29 is 19.1 Å². The van der Waals surface area contributed by atoms with E-state index in [-0.39, 0.29) is 18.1 Å². The van der Waals surface area contributed by atoms with Gasteiger partial charge in [-0.15, -0.1) is 0 Å². The van der Waals surface area contributed by atoms with Crippen LogP contribution in [0.4, 0.5) is 4.39 Å². The van der Waals surface area contributed by atoms with Gasteiger partial charge in [-0.05, 0) is 57.4 Å². The van der Waals surface area contributed by atoms with Crippen LogP contribution in [-0.4, -0.2) is 22.5 Å². The molecule has 20 heavy (non-hydrogen) atoms. The molecule has 0 spiro atoms. The highest BCUT2D eigenvalue weighted by molar-refractivity contribution is 5.95. The summed E-state index contributed by atoms with van der Waals surface area (Å²) >= 11 is 0. The number of carboxylic acid groups (broad SMARTS) is 1. The van der Waals surface area contributed by atoms with Crippen LogP contribution < -0.4 is 5.32 Å². The average Bonchev–Trinajstić information content (AvgIpc) is 2.32. The highest BCUT2D eigenvalue weighted by atomic mass is 19.1. The first kappa shape index (κ1) is 16.1. The van der Waals surface area contributed by atoms with Crippen molar-refractivity contribution in [3.8, 4) is 0 Å². The number of nitrogens with one attached hydrogen (secondary N) is 1. The third kappa shape index (κ3) is 4.33. The van der Waals surface area contributed by atoms with Gasteiger partial charge in [-0.2, -0.15) is 0 Å². The molecule has 2 N–H and O–H groups in total. The molecule has 0 unspecified atom stereocenters. The number of aliphatic carboxylic acids is 1. The summed E-state index contributed by atoms with van der Waals surface area (Å²) in [6.45, 7) is 6.73. The van der Waals surface area contributed by atoms with Gasteiger partial charge in [-0.25, -0.2) is 4.39 Å². The zero-order valence-corrected chi connectivity index (χ0v) is 12.2. The molecule has 0 heterocycles. The smallest absolute Gasteiger partial charge is 0.303 e. The number of carbonyl (C=O) groups is 2. The van der Waals surface area contributed by atoms with Gasteiger partial charge in [-0.3, -0.25) is 9.59 Å². The lowest BCUT2D eigenvalue weighted by Gasteiger charge is -2.25. The summed E-state index contributed by atoms with van der Waals surface area (Å²) < 4.78 is 13.5. The maximum Gasteiger partial charge on any atom is 0.303 e. The molecule has 1 amide bonds. The van der Waals surface area contributed by atoms with Crippen LogP contribution >= 0.6 is 0 Å². The monoisotopic (exact) mass is 281 g/mol. The largest absolute Gasteiger partial charge is 0.481 e. The molecule has 0 bridgehead atoms. The average molecular weight is 281 g/mol. The molecule has 0 aliphatic heterocycles. The number of hydrogen-bond acceptors (Lipinski definition) is 2. The van der Waals surface area contributed by atoms with Gasteiger partial charge in [-0.1, -0.05) is 0 Å². The summed E-state index contributed by atoms with van der Waals surface area (Å²) in [5.41, 5.74) is 0.577. The summed E-state index contributed by atoms with van der Waals surface area (Å²) in [6.07, 6.45) is 0.308. The molecule has 0 aromatic heterocycles. The summed E-state index contributed by atoms with van der Waals surface area (Å²) in [6, 6.07) is 2.98. The van der Waals surface area contributed by atoms with Gasteiger partial charge in [0.1, 0.15) is 5.82 Å². The van der Waals surface area contributed by atoms with Crippen molar-refractivity contribution in [2.24, 2.45) is 0 Å². The van der Waals surface area contributed by atoms with Gasteiger partial charge in [0.05, 0.1) is 0 Å². The summed E-state index contributed by atoms with van der Waals surface area (Å²) in [7, 11) is 0. The van der Waals surface area contributed by atoms with Crippen molar-refractivity contribution in [2.45, 2.75) is 46.1 Å². The Balaban J connectivity index is 2.83. The number of carboxylic acids is 1. The molecule has 0 atom stereocenters. The Morgan fingerprint density at radius 3 is 2.20 bits per heavy atom. The fourth-order valence-electron chi connectivity index (χ4n) is 1.94. The second kappa shape index (κ2) is 6.03. The quantitative estimate of drug-likeness (QED) is 0.872. The standard InChI is InChI=1S/C15H20FNO3/c1-9-7-11(8-10(2)13(9)16)14(20)17-15(3,4)6-5-12(18)19/h7-8H,5-6H2,1-4H3,(H,17,20)(H,18,19). The molecule has 5 heteroatoms. The third-order valence-corrected chi connectivity index (χ3v) is 3.11. The molecule has 0 aliphatic carbocycles. The van der Waals surface area contributed by atoms with E-state index in [1.165, 1.54) is 12.1 Å². The highest BCUT2D eigenvalue weighted by Gasteiger charge is 2.22. The predicted molar refractivity (Wildman–Crippen MR) is 74.3 cm³/mol. The number of aryl methyl sites for hydroxylation is 2. The lowest BCUT2D eigenvalue weighted by atomic mass is 9.97. The SMILES string of the molecule is Cc1cc(C(=O)NC(C)(C)CCC(=O)O)cc(C)c1F. The molecule has 110 valence electrons. The number of halogens is 1. The van der Waals surface area contributed by atoms with Crippen molar-refractivity contribution in [1.82, 2.24) is 5.32 Å². The Kier molecular flexibility index (Phi) is 4.87. The number of amides is 1. The second-order valence-electron chi connectivity index (χ2n) is 5.66. The topological polar surface area (TPSA) is 66.4 Å². The highest BCUT2D eigenvalue weighted by Crippen LogP contribution is 2.17. The van der Waals surface area contributed by atoms with Gasteiger partial charge in [0.2, 0.25) is 0 Å². The Morgan fingerprint density at radius 1 is 1.25 bits per heavy atom. The zero-order valence-electron chi connectivity index (χ0n) is 12.2. The van der Waals surface area contributed by atoms with Crippen LogP contribution in [0.1, 0.15) is 48.2 Å². The lowest BCUT2D eigenvalue weighted by Crippen LogP contribution is -2.43. The van der Waals surface area contributed by atoms with Gasteiger partial charge in [0.15, 0.2) is 0 Å². The molecule has 0 aliphatic rings. The lowest BCUT2D eigenvalue weighted by molar-refractivity contribution is -0.137. The Bertz CT molecular complexity index is 515. The van der Waals surface area contributed by atoms with Gasteiger partial charge in [0.25, 0.3) is 5.91 Å². The molecule has 1 aromatic rings. The number of carbonyl (C=O) groups excluding carboxylic acids is 1. The van der Waals surface area contributed by atoms with E-state index in [0.29, 0.717) is 23.1 Å². The zero-order chi connectivity index (χ0) is 15.5. The predicted octanol–water partition coefficient (Wildman–Crippen LogP) is 2.82. The van der Waals surface area contributed by atoms with Crippen LogP contribution in [0.25, 0.3) is 0 Å². The molecule has 1 rings (SSSR count). The minimum absolute atomic E-state index is 0.0191. The maximum absolute atomic E-state index is 13.5. The maximum atomic E-state index is 13.5. The van der Waals surface area contributed by atoms with Crippen molar-refractivity contribution in [3.63, 3.8) is 0 Å². The van der Waals surface area contributed by atoms with Crippen LogP contribution in [0, 0.1) is 19.7 Å². The van der Waals surface area contributed by atoms with E-state index in [2.05, 4.69) is 5.32 Å². The third-order valence-electron chi connectivity index (χ3n) is 3.11. The molecule has 1 aromatic carbocycles. The van der Waals surface area contributed by atoms with E-state index in [9.17, 15) is 14.0 Å². The van der Waals surface area contributed by atoms with E-state index < -0.39 is 11.5 Å². The van der Waals surface area contributed by atoms with E-state index in [1.54, 1.807) is 27.7 Å². The van der Waals surface area contributed by atoms with Crippen LogP contribution in [0.5, 0.6) is 0 Å². The molecular formula is C15H20FNO3. The van der Waals surface area contributed by atoms with Gasteiger partial charge < -0.3 is 10.4 Å². The minimum Gasteiger partial charge on any atom is -0.481 e. The van der Waals surface area contributed by atoms with Crippen molar-refractivity contribution in [3.05, 3.63) is 34.6 Å². The van der Waals surface area contributed by atoms with Crippen LogP contribution in [0.2, 0.25) is 0 Å². The van der Waals surface area contributed by atoms with Gasteiger partial charge in [0, 0.05) is 17.5 Å². The molecule has 0 saturated heterocycles. The number of benzene rings is 1. The molecule has 4 nitrogen and oxygen atoms in total. The van der Waals surface area contributed by atoms with E-state index >= 15 is 0 Å². The van der Waals surface area contributed by atoms with E-state index in [0.717, 1.165) is 0 Å². The Hall–Kier alpha value is -1.91. The minimum atomic E-state index is -0.902. The molecule has 0 saturated carbocycles. The molecule has 0 fully saturated rings. The number of hydrogen-bond donors (Lipinski definition) is 2. The van der Waals surface area contributed by atoms with Crippen LogP contribution in [-0.2, 0) is 4.79 Å². The summed E-state index contributed by atoms with van der Waals surface area (Å²) in [4.78, 5) is 22.7. The van der Waals surface area contributed by atoms with Crippen molar-refractivity contribution in [1.29, 1.82) is 0 Å². The molecular weight excluding hydrogens is 261 g/mol. The Labute approximate surface area is 118 Å². The van der Waals surface area contributed by atoms with Crippen molar-refractivity contribution >= 4 is 11.9 Å². The molecule has 0 radical (unpaired) electrons. The summed E-state index contributed by atoms with van der Waals surface area (Å²) in [5.74, 6) is -1.54. The first-order valence-electron chi connectivity index (χ1n) is 6.43. The fraction of sp³-hybridized carbons (Fsp3) is 0.467. The van der Waals surface area contributed by atoms with E-state index in [4.69, 9.17) is 5.11 Å². The van der Waals surface area contributed by atoms with E-state index in [1.807, 2.05) is 0 Å². The second-order valence-corrected chi connectivity index (χ2v) is 5.66. The van der Waals surface area contributed by atoms with Crippen LogP contribution in [0.3, 0.4) is 0 Å². The summed E-state index contributed by atoms with van der Waals surface area (Å²) in [5, 5.41) is 11.5. The van der Waals surface area contributed by atoms with Crippen LogP contribution in [0.15, 0.2) is 12.1 Å². The fourth-order valence-corrected chi connectivity index (χ4v) is 1.94. The first-order chi connectivity index (χ1) is 9.12. The van der Waals surface area contributed by atoms with Crippen molar-refractivity contribution in [2.75, 3.05) is 0 Å². The first-order valence-corrected chi connectivity index (χ1v) is 6.43. The van der Waals surface area contributed by atoms with Gasteiger partial charge >= 0.3 is 5.97 Å². The number of rotatable bonds is 5.